The molecule has 0 saturated carbocycles. The highest BCUT2D eigenvalue weighted by atomic mass is 16.1. The lowest BCUT2D eigenvalue weighted by Crippen LogP contribution is -2.20. The zero-order chi connectivity index (χ0) is 9.14. The van der Waals surface area contributed by atoms with E-state index in [9.17, 15) is 4.79 Å². The molecule has 0 spiro atoms. The molecule has 64 valence electrons. The summed E-state index contributed by atoms with van der Waals surface area (Å²) in [7, 11) is 1.54. The van der Waals surface area contributed by atoms with E-state index in [1.807, 2.05) is 0 Å². The molecule has 0 saturated heterocycles. The maximum absolute atomic E-state index is 11.1. The summed E-state index contributed by atoms with van der Waals surface area (Å²) < 4.78 is 0. The zero-order valence-corrected chi connectivity index (χ0v) is 6.96. The Labute approximate surface area is 70.0 Å². The molecule has 0 radical (unpaired) electrons. The van der Waals surface area contributed by atoms with Gasteiger partial charge in [0.25, 0.3) is 5.91 Å². The third kappa shape index (κ3) is 1.69. The van der Waals surface area contributed by atoms with Crippen molar-refractivity contribution in [1.82, 2.24) is 15.3 Å². The molecule has 0 aromatic carbocycles. The fourth-order valence-corrected chi connectivity index (χ4v) is 0.836. The van der Waals surface area contributed by atoms with Crippen LogP contribution in [0.4, 0.5) is 5.95 Å². The number of rotatable bonds is 1. The summed E-state index contributed by atoms with van der Waals surface area (Å²) in [4.78, 5) is 18.7. The molecule has 0 aliphatic carbocycles. The number of hydrogen-bond donors (Lipinski definition) is 2. The number of nitrogens with two attached hydrogens (primary N) is 1. The molecule has 0 fully saturated rings. The first kappa shape index (κ1) is 8.45. The van der Waals surface area contributed by atoms with E-state index in [4.69, 9.17) is 5.73 Å². The van der Waals surface area contributed by atoms with Crippen LogP contribution in [-0.2, 0) is 0 Å². The third-order valence-corrected chi connectivity index (χ3v) is 1.33. The zero-order valence-electron chi connectivity index (χ0n) is 6.96. The Balaban J connectivity index is 3.08. The summed E-state index contributed by atoms with van der Waals surface area (Å²) in [5, 5.41) is 2.45. The van der Waals surface area contributed by atoms with Crippen molar-refractivity contribution in [3.05, 3.63) is 17.5 Å². The van der Waals surface area contributed by atoms with Crippen molar-refractivity contribution in [2.24, 2.45) is 0 Å². The first-order valence-corrected chi connectivity index (χ1v) is 3.46. The normalized spacial score (nSPS) is 9.50. The monoisotopic (exact) mass is 166 g/mol. The van der Waals surface area contributed by atoms with Crippen LogP contribution in [0, 0.1) is 6.92 Å². The molecule has 1 aromatic heterocycles. The number of hydrogen-bond acceptors (Lipinski definition) is 4. The number of carbonyl (C=O) groups is 1. The predicted molar refractivity (Wildman–Crippen MR) is 44.6 cm³/mol. The molecule has 12 heavy (non-hydrogen) atoms. The fraction of sp³-hybridized carbons (Fsp3) is 0.286. The van der Waals surface area contributed by atoms with Gasteiger partial charge in [0.1, 0.15) is 5.69 Å². The fourth-order valence-electron chi connectivity index (χ4n) is 0.836. The second-order valence-electron chi connectivity index (χ2n) is 2.33. The number of aromatic nitrogens is 2. The molecular weight excluding hydrogens is 156 g/mol. The van der Waals surface area contributed by atoms with Crippen molar-refractivity contribution < 1.29 is 4.79 Å². The van der Waals surface area contributed by atoms with Crippen LogP contribution in [0.25, 0.3) is 0 Å². The molecule has 0 aliphatic heterocycles. The summed E-state index contributed by atoms with van der Waals surface area (Å²) in [6.07, 6.45) is 0. The maximum Gasteiger partial charge on any atom is 0.269 e. The number of anilines is 1. The summed E-state index contributed by atoms with van der Waals surface area (Å²) in [6, 6.07) is 1.58. The number of aryl methyl sites for hydroxylation is 1. The summed E-state index contributed by atoms with van der Waals surface area (Å²) >= 11 is 0. The number of carbonyl (C=O) groups excluding carboxylic acids is 1. The highest BCUT2D eigenvalue weighted by Gasteiger charge is 2.06. The lowest BCUT2D eigenvalue weighted by atomic mass is 10.3. The predicted octanol–water partition coefficient (Wildman–Crippen LogP) is -0.273. The summed E-state index contributed by atoms with van der Waals surface area (Å²) in [5.41, 5.74) is 6.33. The Morgan fingerprint density at radius 3 is 2.75 bits per heavy atom. The van der Waals surface area contributed by atoms with Gasteiger partial charge in [-0.25, -0.2) is 9.97 Å². The molecule has 0 unspecified atom stereocenters. The van der Waals surface area contributed by atoms with Gasteiger partial charge >= 0.3 is 0 Å². The number of nitrogens with zero attached hydrogens (tertiary/aromatic N) is 2. The van der Waals surface area contributed by atoms with Crippen LogP contribution in [0.15, 0.2) is 6.07 Å². The maximum atomic E-state index is 11.1. The van der Waals surface area contributed by atoms with Gasteiger partial charge < -0.3 is 11.1 Å². The van der Waals surface area contributed by atoms with Gasteiger partial charge in [-0.2, -0.15) is 0 Å². The lowest BCUT2D eigenvalue weighted by molar-refractivity contribution is 0.0958. The van der Waals surface area contributed by atoms with Crippen molar-refractivity contribution in [3.8, 4) is 0 Å². The van der Waals surface area contributed by atoms with Crippen LogP contribution in [-0.4, -0.2) is 22.9 Å². The minimum absolute atomic E-state index is 0.119. The molecule has 5 heteroatoms. The van der Waals surface area contributed by atoms with Crippen LogP contribution >= 0.6 is 0 Å². The van der Waals surface area contributed by atoms with Crippen molar-refractivity contribution in [1.29, 1.82) is 0 Å². The van der Waals surface area contributed by atoms with Crippen LogP contribution in [0.1, 0.15) is 16.2 Å². The molecule has 1 amide bonds. The Hall–Kier alpha value is -1.65. The summed E-state index contributed by atoms with van der Waals surface area (Å²) in [5.74, 6) is -0.138. The van der Waals surface area contributed by atoms with Gasteiger partial charge in [-0.1, -0.05) is 0 Å². The molecule has 0 aliphatic rings. The van der Waals surface area contributed by atoms with Gasteiger partial charge in [-0.3, -0.25) is 4.79 Å². The molecule has 5 nitrogen and oxygen atoms in total. The number of nitrogens with one attached hydrogen (secondary N) is 1. The Morgan fingerprint density at radius 1 is 1.58 bits per heavy atom. The van der Waals surface area contributed by atoms with E-state index in [-0.39, 0.29) is 11.9 Å². The molecule has 0 bridgehead atoms. The Bertz CT molecular complexity index is 290. The van der Waals surface area contributed by atoms with Crippen LogP contribution in [0.3, 0.4) is 0 Å². The minimum atomic E-state index is -0.257. The largest absolute Gasteiger partial charge is 0.368 e. The van der Waals surface area contributed by atoms with Crippen LogP contribution in [0.5, 0.6) is 0 Å². The standard InChI is InChI=1S/C7H10N4O/c1-4-3-5(6(12)9-2)11-7(8)10-4/h3H,1-2H3,(H,9,12)(H2,8,10,11). The molecule has 1 aromatic rings. The quantitative estimate of drug-likeness (QED) is 0.601. The van der Waals surface area contributed by atoms with Gasteiger partial charge in [-0.05, 0) is 13.0 Å². The first-order chi connectivity index (χ1) is 5.63. The van der Waals surface area contributed by atoms with Crippen molar-refractivity contribution in [2.45, 2.75) is 6.92 Å². The van der Waals surface area contributed by atoms with Gasteiger partial charge in [0.2, 0.25) is 5.95 Å². The number of amides is 1. The molecule has 3 N–H and O–H groups in total. The van der Waals surface area contributed by atoms with Crippen LogP contribution < -0.4 is 11.1 Å². The highest BCUT2D eigenvalue weighted by Crippen LogP contribution is 2.00. The minimum Gasteiger partial charge on any atom is -0.368 e. The Morgan fingerprint density at radius 2 is 2.25 bits per heavy atom. The highest BCUT2D eigenvalue weighted by molar-refractivity contribution is 5.92. The average Bonchev–Trinajstić information content (AvgIpc) is 2.01. The van der Waals surface area contributed by atoms with Gasteiger partial charge in [0.15, 0.2) is 0 Å². The summed E-state index contributed by atoms with van der Waals surface area (Å²) in [6.45, 7) is 1.75. The van der Waals surface area contributed by atoms with Crippen LogP contribution in [0.2, 0.25) is 0 Å². The molecular formula is C7H10N4O. The Kier molecular flexibility index (Phi) is 2.23. The van der Waals surface area contributed by atoms with E-state index in [2.05, 4.69) is 15.3 Å². The van der Waals surface area contributed by atoms with E-state index in [1.165, 1.54) is 7.05 Å². The van der Waals surface area contributed by atoms with Crippen molar-refractivity contribution in [2.75, 3.05) is 12.8 Å². The number of nitrogen functional groups attached to an aromatic ring is 1. The second kappa shape index (κ2) is 3.17. The van der Waals surface area contributed by atoms with E-state index in [0.29, 0.717) is 11.4 Å². The van der Waals surface area contributed by atoms with Gasteiger partial charge in [0.05, 0.1) is 0 Å². The SMILES string of the molecule is CNC(=O)c1cc(C)nc(N)n1. The van der Waals surface area contributed by atoms with Gasteiger partial charge in [-0.15, -0.1) is 0 Å². The third-order valence-electron chi connectivity index (χ3n) is 1.33. The first-order valence-electron chi connectivity index (χ1n) is 3.46. The lowest BCUT2D eigenvalue weighted by Gasteiger charge is -2.00. The van der Waals surface area contributed by atoms with E-state index in [0.717, 1.165) is 0 Å². The van der Waals surface area contributed by atoms with E-state index in [1.54, 1.807) is 13.0 Å². The van der Waals surface area contributed by atoms with E-state index < -0.39 is 0 Å². The average molecular weight is 166 g/mol. The van der Waals surface area contributed by atoms with Gasteiger partial charge in [0, 0.05) is 12.7 Å². The topological polar surface area (TPSA) is 80.9 Å². The van der Waals surface area contributed by atoms with Crippen molar-refractivity contribution >= 4 is 11.9 Å². The van der Waals surface area contributed by atoms with Crippen molar-refractivity contribution in [3.63, 3.8) is 0 Å². The smallest absolute Gasteiger partial charge is 0.269 e. The molecule has 1 heterocycles. The molecule has 0 atom stereocenters. The second-order valence-corrected chi connectivity index (χ2v) is 2.33. The molecule has 1 rings (SSSR count). The van der Waals surface area contributed by atoms with E-state index >= 15 is 0 Å².